The number of amides is 1. The summed E-state index contributed by atoms with van der Waals surface area (Å²) in [7, 11) is 7.72. The third kappa shape index (κ3) is 4.34. The lowest BCUT2D eigenvalue weighted by Gasteiger charge is -2.29. The maximum atomic E-state index is 12.5. The van der Waals surface area contributed by atoms with Crippen molar-refractivity contribution in [1.82, 2.24) is 9.80 Å². The molecule has 0 fully saturated rings. The van der Waals surface area contributed by atoms with Gasteiger partial charge in [0.25, 0.3) is 0 Å². The van der Waals surface area contributed by atoms with Gasteiger partial charge in [0.15, 0.2) is 5.96 Å². The molecule has 6 heteroatoms. The number of carbonyl (C=O) groups is 1. The van der Waals surface area contributed by atoms with E-state index in [1.807, 2.05) is 61.1 Å². The molecule has 0 spiro atoms. The molecule has 1 aromatic rings. The molecule has 1 aromatic carbocycles. The molecule has 0 aliphatic carbocycles. The molecular formula is C16H25IN4O. The van der Waals surface area contributed by atoms with Crippen molar-refractivity contribution in [2.45, 2.75) is 12.8 Å². The van der Waals surface area contributed by atoms with E-state index >= 15 is 0 Å². The zero-order chi connectivity index (χ0) is 15.4. The van der Waals surface area contributed by atoms with Crippen molar-refractivity contribution >= 4 is 41.5 Å². The minimum Gasteiger partial charge on any atom is -0.349 e. The third-order valence-corrected chi connectivity index (χ3v) is 3.57. The molecule has 0 saturated carbocycles. The Morgan fingerprint density at radius 3 is 2.45 bits per heavy atom. The van der Waals surface area contributed by atoms with E-state index in [9.17, 15) is 4.79 Å². The second kappa shape index (κ2) is 8.36. The molecule has 0 atom stereocenters. The van der Waals surface area contributed by atoms with E-state index in [1.165, 1.54) is 5.56 Å². The van der Waals surface area contributed by atoms with Crippen LogP contribution in [-0.2, 0) is 11.2 Å². The van der Waals surface area contributed by atoms with Gasteiger partial charge >= 0.3 is 0 Å². The van der Waals surface area contributed by atoms with Gasteiger partial charge in [-0.05, 0) is 24.5 Å². The molecule has 1 aliphatic rings. The Morgan fingerprint density at radius 2 is 1.82 bits per heavy atom. The van der Waals surface area contributed by atoms with Gasteiger partial charge in [0.05, 0.1) is 0 Å². The molecule has 0 N–H and O–H groups in total. The number of aryl methyl sites for hydroxylation is 1. The number of nitrogens with zero attached hydrogens (tertiary/aromatic N) is 4. The number of halogens is 1. The van der Waals surface area contributed by atoms with Crippen LogP contribution >= 0.6 is 24.0 Å². The number of benzene rings is 1. The summed E-state index contributed by atoms with van der Waals surface area (Å²) in [6, 6.07) is 8.14. The van der Waals surface area contributed by atoms with Crippen LogP contribution in [0.25, 0.3) is 0 Å². The number of guanidine groups is 1. The van der Waals surface area contributed by atoms with Crippen molar-refractivity contribution in [3.8, 4) is 0 Å². The fraction of sp³-hybridized carbons (Fsp3) is 0.500. The molecule has 122 valence electrons. The van der Waals surface area contributed by atoms with Crippen LogP contribution < -0.4 is 4.90 Å². The zero-order valence-electron chi connectivity index (χ0n) is 13.7. The first kappa shape index (κ1) is 18.7. The van der Waals surface area contributed by atoms with Gasteiger partial charge in [-0.3, -0.25) is 4.79 Å². The lowest BCUT2D eigenvalue weighted by atomic mass is 10.0. The van der Waals surface area contributed by atoms with Gasteiger partial charge in [0.2, 0.25) is 5.91 Å². The minimum atomic E-state index is 0. The predicted octanol–water partition coefficient (Wildman–Crippen LogP) is 2.06. The maximum absolute atomic E-state index is 12.5. The van der Waals surface area contributed by atoms with Gasteiger partial charge in [-0.2, -0.15) is 0 Å². The highest BCUT2D eigenvalue weighted by molar-refractivity contribution is 14.0. The summed E-state index contributed by atoms with van der Waals surface area (Å²) in [6.45, 7) is 0.963. The summed E-state index contributed by atoms with van der Waals surface area (Å²) in [6.07, 6.45) is 2.06. The van der Waals surface area contributed by atoms with Crippen LogP contribution in [0.5, 0.6) is 0 Å². The summed E-state index contributed by atoms with van der Waals surface area (Å²) >= 11 is 0. The van der Waals surface area contributed by atoms with Crippen molar-refractivity contribution in [3.05, 3.63) is 29.8 Å². The van der Waals surface area contributed by atoms with Crippen LogP contribution in [0.4, 0.5) is 5.69 Å². The van der Waals surface area contributed by atoms with E-state index < -0.39 is 0 Å². The van der Waals surface area contributed by atoms with Gasteiger partial charge < -0.3 is 14.7 Å². The topological polar surface area (TPSA) is 39.2 Å². The van der Waals surface area contributed by atoms with Crippen molar-refractivity contribution in [2.24, 2.45) is 4.99 Å². The summed E-state index contributed by atoms with van der Waals surface area (Å²) < 4.78 is 0. The first-order chi connectivity index (χ1) is 10.0. The summed E-state index contributed by atoms with van der Waals surface area (Å²) in [5, 5.41) is 0. The molecule has 0 aromatic heterocycles. The van der Waals surface area contributed by atoms with Crippen LogP contribution in [-0.4, -0.2) is 62.9 Å². The molecule has 1 heterocycles. The average Bonchev–Trinajstić information content (AvgIpc) is 2.46. The van der Waals surface area contributed by atoms with E-state index in [0.29, 0.717) is 0 Å². The van der Waals surface area contributed by atoms with Crippen LogP contribution in [0, 0.1) is 0 Å². The Hall–Kier alpha value is -1.31. The predicted molar refractivity (Wildman–Crippen MR) is 102 cm³/mol. The molecule has 0 bridgehead atoms. The Kier molecular flexibility index (Phi) is 7.12. The third-order valence-electron chi connectivity index (χ3n) is 3.57. The molecule has 0 saturated heterocycles. The van der Waals surface area contributed by atoms with Crippen molar-refractivity contribution in [2.75, 3.05) is 46.2 Å². The molecule has 1 aliphatic heterocycles. The minimum absolute atomic E-state index is 0. The normalized spacial score (nSPS) is 12.8. The number of fused-ring (bicyclic) bond motifs is 1. The second-order valence-corrected chi connectivity index (χ2v) is 5.68. The molecule has 2 rings (SSSR count). The van der Waals surface area contributed by atoms with E-state index in [2.05, 4.69) is 11.1 Å². The number of hydrogen-bond acceptors (Lipinski definition) is 2. The van der Waals surface area contributed by atoms with E-state index in [-0.39, 0.29) is 36.4 Å². The van der Waals surface area contributed by atoms with Crippen LogP contribution in [0.2, 0.25) is 0 Å². The van der Waals surface area contributed by atoms with Crippen molar-refractivity contribution < 1.29 is 4.79 Å². The quantitative estimate of drug-likeness (QED) is 0.421. The Bertz CT molecular complexity index is 533. The Morgan fingerprint density at radius 1 is 1.18 bits per heavy atom. The smallest absolute Gasteiger partial charge is 0.248 e. The summed E-state index contributed by atoms with van der Waals surface area (Å²) in [5.41, 5.74) is 2.29. The second-order valence-electron chi connectivity index (χ2n) is 5.68. The number of hydrogen-bond donors (Lipinski definition) is 0. The Balaban J connectivity index is 0.00000242. The standard InChI is InChI=1S/C16H24N4O.HI/c1-18(2)16(19(3)4)17-12-15(21)20-11-7-9-13-8-5-6-10-14(13)20;/h5-6,8,10H,7,9,11-12H2,1-4H3;1H. The average molecular weight is 416 g/mol. The summed E-state index contributed by atoms with van der Waals surface area (Å²) in [4.78, 5) is 22.6. The molecule has 0 unspecified atom stereocenters. The van der Waals surface area contributed by atoms with E-state index in [4.69, 9.17) is 0 Å². The first-order valence-electron chi connectivity index (χ1n) is 7.28. The number of aliphatic imine (C=N–C) groups is 1. The fourth-order valence-electron chi connectivity index (χ4n) is 2.70. The SMILES string of the molecule is CN(C)C(=NCC(=O)N1CCCc2ccccc21)N(C)C.I. The lowest BCUT2D eigenvalue weighted by Crippen LogP contribution is -2.39. The van der Waals surface area contributed by atoms with Gasteiger partial charge in [0.1, 0.15) is 6.54 Å². The highest BCUT2D eigenvalue weighted by atomic mass is 127. The highest BCUT2D eigenvalue weighted by Crippen LogP contribution is 2.26. The van der Waals surface area contributed by atoms with E-state index in [0.717, 1.165) is 31.0 Å². The molecule has 22 heavy (non-hydrogen) atoms. The van der Waals surface area contributed by atoms with Crippen molar-refractivity contribution in [3.63, 3.8) is 0 Å². The van der Waals surface area contributed by atoms with E-state index in [1.54, 1.807) is 0 Å². The number of para-hydroxylation sites is 1. The first-order valence-corrected chi connectivity index (χ1v) is 7.28. The highest BCUT2D eigenvalue weighted by Gasteiger charge is 2.21. The zero-order valence-corrected chi connectivity index (χ0v) is 16.1. The van der Waals surface area contributed by atoms with Crippen LogP contribution in [0.1, 0.15) is 12.0 Å². The number of carbonyl (C=O) groups excluding carboxylic acids is 1. The van der Waals surface area contributed by atoms with Gasteiger partial charge in [0, 0.05) is 40.4 Å². The maximum Gasteiger partial charge on any atom is 0.248 e. The molecule has 0 radical (unpaired) electrons. The van der Waals surface area contributed by atoms with Gasteiger partial charge in [-0.25, -0.2) is 4.99 Å². The molecule has 1 amide bonds. The van der Waals surface area contributed by atoms with Gasteiger partial charge in [-0.1, -0.05) is 18.2 Å². The fourth-order valence-corrected chi connectivity index (χ4v) is 2.70. The number of rotatable bonds is 2. The van der Waals surface area contributed by atoms with Crippen molar-refractivity contribution in [1.29, 1.82) is 0 Å². The Labute approximate surface area is 150 Å². The molecular weight excluding hydrogens is 391 g/mol. The summed E-state index contributed by atoms with van der Waals surface area (Å²) in [5.74, 6) is 0.858. The molecule has 5 nitrogen and oxygen atoms in total. The monoisotopic (exact) mass is 416 g/mol. The largest absolute Gasteiger partial charge is 0.349 e. The van der Waals surface area contributed by atoms with Gasteiger partial charge in [-0.15, -0.1) is 24.0 Å². The lowest BCUT2D eigenvalue weighted by molar-refractivity contribution is -0.117. The number of anilines is 1. The van der Waals surface area contributed by atoms with Crippen LogP contribution in [0.3, 0.4) is 0 Å². The van der Waals surface area contributed by atoms with Crippen LogP contribution in [0.15, 0.2) is 29.3 Å².